The van der Waals surface area contributed by atoms with Crippen LogP contribution in [0.5, 0.6) is 0 Å². The molecule has 0 amide bonds. The predicted molar refractivity (Wildman–Crippen MR) is 45.2 cm³/mol. The first-order valence-electron chi connectivity index (χ1n) is 2.62. The third-order valence-corrected chi connectivity index (χ3v) is 2.07. The topological polar surface area (TPSA) is 29.1 Å². The Kier molecular flexibility index (Phi) is 5.33. The summed E-state index contributed by atoms with van der Waals surface area (Å²) in [5.74, 6) is 0.566. The monoisotopic (exact) mass is 165 g/mol. The van der Waals surface area contributed by atoms with E-state index in [1.54, 1.807) is 13.3 Å². The van der Waals surface area contributed by atoms with Crippen molar-refractivity contribution < 1.29 is 4.79 Å². The predicted octanol–water partition coefficient (Wildman–Crippen LogP) is 0.394. The first-order valence-corrected chi connectivity index (χ1v) is 4.48. The van der Waals surface area contributed by atoms with E-state index in [9.17, 15) is 4.79 Å². The summed E-state index contributed by atoms with van der Waals surface area (Å²) in [6.45, 7) is 0. The molecule has 0 heterocycles. The molecule has 0 spiro atoms. The lowest BCUT2D eigenvalue weighted by Gasteiger charge is -2.08. The molecular formula is C5H11NOS2. The Bertz CT molecular complexity index is 93.0. The van der Waals surface area contributed by atoms with Gasteiger partial charge >= 0.3 is 0 Å². The zero-order valence-electron chi connectivity index (χ0n) is 5.55. The van der Waals surface area contributed by atoms with Crippen LogP contribution in [0.2, 0.25) is 0 Å². The molecule has 0 aromatic heterocycles. The van der Waals surface area contributed by atoms with Crippen molar-refractivity contribution in [2.24, 2.45) is 0 Å². The highest BCUT2D eigenvalue weighted by molar-refractivity contribution is 8.13. The second kappa shape index (κ2) is 5.14. The molecule has 1 N–H and O–H groups in total. The van der Waals surface area contributed by atoms with E-state index in [-0.39, 0.29) is 11.2 Å². The second-order valence-corrected chi connectivity index (χ2v) is 2.72. The molecule has 0 aliphatic carbocycles. The highest BCUT2D eigenvalue weighted by atomic mass is 32.2. The lowest BCUT2D eigenvalue weighted by Crippen LogP contribution is -2.33. The average Bonchev–Trinajstić information content (AvgIpc) is 1.90. The van der Waals surface area contributed by atoms with E-state index < -0.39 is 0 Å². The lowest BCUT2D eigenvalue weighted by atomic mass is 10.4. The van der Waals surface area contributed by atoms with Gasteiger partial charge in [0.05, 0.1) is 6.04 Å². The van der Waals surface area contributed by atoms with E-state index in [1.807, 2.05) is 0 Å². The van der Waals surface area contributed by atoms with Gasteiger partial charge in [-0.25, -0.2) is 0 Å². The Morgan fingerprint density at radius 2 is 2.44 bits per heavy atom. The maximum absolute atomic E-state index is 10.8. The smallest absolute Gasteiger partial charge is 0.206 e. The molecule has 0 saturated heterocycles. The maximum atomic E-state index is 10.8. The van der Waals surface area contributed by atoms with Gasteiger partial charge in [0, 0.05) is 5.75 Å². The van der Waals surface area contributed by atoms with Crippen molar-refractivity contribution in [2.45, 2.75) is 6.04 Å². The van der Waals surface area contributed by atoms with Gasteiger partial charge in [0.1, 0.15) is 0 Å². The van der Waals surface area contributed by atoms with Gasteiger partial charge in [-0.3, -0.25) is 4.79 Å². The molecule has 2 nitrogen and oxygen atoms in total. The molecule has 0 bridgehead atoms. The number of thiol groups is 1. The van der Waals surface area contributed by atoms with E-state index in [1.165, 1.54) is 11.8 Å². The second-order valence-electron chi connectivity index (χ2n) is 1.55. The summed E-state index contributed by atoms with van der Waals surface area (Å²) in [5.41, 5.74) is 0. The molecule has 9 heavy (non-hydrogen) atoms. The molecule has 4 heteroatoms. The van der Waals surface area contributed by atoms with Crippen LogP contribution >= 0.6 is 24.4 Å². The fourth-order valence-corrected chi connectivity index (χ4v) is 1.38. The van der Waals surface area contributed by atoms with Crippen molar-refractivity contribution in [1.29, 1.82) is 0 Å². The van der Waals surface area contributed by atoms with Gasteiger partial charge in [0.2, 0.25) is 5.12 Å². The number of carbonyl (C=O) groups is 1. The van der Waals surface area contributed by atoms with Crippen molar-refractivity contribution in [3.63, 3.8) is 0 Å². The van der Waals surface area contributed by atoms with E-state index in [0.29, 0.717) is 5.75 Å². The zero-order chi connectivity index (χ0) is 7.28. The average molecular weight is 165 g/mol. The Morgan fingerprint density at radius 3 is 2.56 bits per heavy atom. The van der Waals surface area contributed by atoms with Crippen molar-refractivity contribution in [1.82, 2.24) is 5.32 Å². The van der Waals surface area contributed by atoms with Crippen LogP contribution in [0.15, 0.2) is 0 Å². The first-order chi connectivity index (χ1) is 4.26. The van der Waals surface area contributed by atoms with Crippen molar-refractivity contribution >= 4 is 29.5 Å². The van der Waals surface area contributed by atoms with E-state index >= 15 is 0 Å². The number of nitrogens with one attached hydrogen (secondary N) is 1. The summed E-state index contributed by atoms with van der Waals surface area (Å²) in [4.78, 5) is 10.8. The third-order valence-electron chi connectivity index (χ3n) is 1.02. The van der Waals surface area contributed by atoms with Crippen molar-refractivity contribution in [3.05, 3.63) is 0 Å². The molecule has 0 unspecified atom stereocenters. The maximum Gasteiger partial charge on any atom is 0.206 e. The third kappa shape index (κ3) is 3.13. The normalized spacial score (nSPS) is 13.2. The summed E-state index contributed by atoms with van der Waals surface area (Å²) in [5, 5.41) is 3.00. The number of carbonyl (C=O) groups excluding carboxylic acids is 1. The quantitative estimate of drug-likeness (QED) is 0.593. The minimum absolute atomic E-state index is 0.0941. The van der Waals surface area contributed by atoms with Gasteiger partial charge in [0.25, 0.3) is 0 Å². The Balaban J connectivity index is 3.64. The fraction of sp³-hybridized carbons (Fsp3) is 0.800. The summed E-state index contributed by atoms with van der Waals surface area (Å²) >= 11 is 5.22. The van der Waals surface area contributed by atoms with Gasteiger partial charge in [-0.05, 0) is 13.3 Å². The molecule has 0 saturated carbocycles. The van der Waals surface area contributed by atoms with Crippen LogP contribution in [-0.2, 0) is 4.79 Å². The largest absolute Gasteiger partial charge is 0.309 e. The van der Waals surface area contributed by atoms with Gasteiger partial charge in [-0.15, -0.1) is 0 Å². The van der Waals surface area contributed by atoms with Crippen LogP contribution in [0.1, 0.15) is 0 Å². The van der Waals surface area contributed by atoms with Crippen LogP contribution in [0.25, 0.3) is 0 Å². The minimum atomic E-state index is -0.0941. The van der Waals surface area contributed by atoms with Gasteiger partial charge in [-0.2, -0.15) is 12.6 Å². The molecule has 0 aromatic rings. The number of rotatable bonds is 3. The van der Waals surface area contributed by atoms with Crippen LogP contribution in [0, 0.1) is 0 Å². The van der Waals surface area contributed by atoms with E-state index in [0.717, 1.165) is 0 Å². The van der Waals surface area contributed by atoms with Crippen LogP contribution in [0.3, 0.4) is 0 Å². The Hall–Kier alpha value is 0.330. The molecule has 0 rings (SSSR count). The van der Waals surface area contributed by atoms with Crippen LogP contribution in [-0.4, -0.2) is 30.2 Å². The molecular weight excluding hydrogens is 154 g/mol. The van der Waals surface area contributed by atoms with E-state index in [4.69, 9.17) is 0 Å². The molecule has 0 aliphatic heterocycles. The van der Waals surface area contributed by atoms with Crippen LogP contribution < -0.4 is 5.32 Å². The number of hydrogen-bond donors (Lipinski definition) is 2. The standard InChI is InChI=1S/C5H11NOS2/c1-6-4(3-8)5(7)9-2/h4,6,8H,3H2,1-2H3/t4-/m0/s1. The number of thioether (sulfide) groups is 1. The number of likely N-dealkylation sites (N-methyl/N-ethyl adjacent to an activating group) is 1. The molecule has 0 aliphatic rings. The number of hydrogen-bond acceptors (Lipinski definition) is 4. The Labute approximate surface area is 65.2 Å². The molecule has 0 aromatic carbocycles. The van der Waals surface area contributed by atoms with Gasteiger partial charge < -0.3 is 5.32 Å². The molecule has 54 valence electrons. The summed E-state index contributed by atoms with van der Waals surface area (Å²) in [7, 11) is 1.76. The van der Waals surface area contributed by atoms with Crippen molar-refractivity contribution in [2.75, 3.05) is 19.1 Å². The molecule has 1 atom stereocenters. The summed E-state index contributed by atoms with van der Waals surface area (Å²) in [6, 6.07) is -0.0941. The fourth-order valence-electron chi connectivity index (χ4n) is 0.426. The molecule has 0 fully saturated rings. The summed E-state index contributed by atoms with van der Waals surface area (Å²) in [6.07, 6.45) is 1.77. The van der Waals surface area contributed by atoms with Crippen LogP contribution in [0.4, 0.5) is 0 Å². The molecule has 0 radical (unpaired) electrons. The highest BCUT2D eigenvalue weighted by Gasteiger charge is 2.11. The van der Waals surface area contributed by atoms with E-state index in [2.05, 4.69) is 17.9 Å². The van der Waals surface area contributed by atoms with Gasteiger partial charge in [0.15, 0.2) is 0 Å². The van der Waals surface area contributed by atoms with Gasteiger partial charge in [-0.1, -0.05) is 11.8 Å². The van der Waals surface area contributed by atoms with Crippen molar-refractivity contribution in [3.8, 4) is 0 Å². The SMILES string of the molecule is CN[C@@H](CS)C(=O)SC. The zero-order valence-corrected chi connectivity index (χ0v) is 7.26. The highest BCUT2D eigenvalue weighted by Crippen LogP contribution is 2.00. The Morgan fingerprint density at radius 1 is 1.89 bits per heavy atom. The first kappa shape index (κ1) is 9.33. The lowest BCUT2D eigenvalue weighted by molar-refractivity contribution is -0.112. The summed E-state index contributed by atoms with van der Waals surface area (Å²) < 4.78 is 0. The minimum Gasteiger partial charge on any atom is -0.309 e.